The van der Waals surface area contributed by atoms with Crippen molar-refractivity contribution in [3.63, 3.8) is 0 Å². The zero-order valence-electron chi connectivity index (χ0n) is 14.1. The second-order valence-corrected chi connectivity index (χ2v) is 6.62. The van der Waals surface area contributed by atoms with Crippen LogP contribution >= 0.6 is 0 Å². The fourth-order valence-electron chi connectivity index (χ4n) is 3.58. The molecule has 0 aliphatic carbocycles. The molecule has 1 aliphatic rings. The Balaban J connectivity index is 1.70. The average molecular weight is 340 g/mol. The second-order valence-electron chi connectivity index (χ2n) is 6.62. The summed E-state index contributed by atoms with van der Waals surface area (Å²) in [5.74, 6) is -0.238. The van der Waals surface area contributed by atoms with Gasteiger partial charge in [0.05, 0.1) is 11.8 Å². The van der Waals surface area contributed by atoms with Crippen LogP contribution in [0.25, 0.3) is 11.1 Å². The topological polar surface area (TPSA) is 38.4 Å². The van der Waals surface area contributed by atoms with Crippen LogP contribution in [-0.4, -0.2) is 28.5 Å². The van der Waals surface area contributed by atoms with Crippen LogP contribution < -0.4 is 0 Å². The van der Waals surface area contributed by atoms with Crippen LogP contribution in [0.2, 0.25) is 0 Å². The molecule has 1 saturated heterocycles. The Labute approximate surface area is 145 Å². The van der Waals surface area contributed by atoms with Gasteiger partial charge in [-0.15, -0.1) is 0 Å². The van der Waals surface area contributed by atoms with E-state index in [4.69, 9.17) is 4.42 Å². The molecule has 4 rings (SSSR count). The maximum absolute atomic E-state index is 13.5. The van der Waals surface area contributed by atoms with E-state index in [-0.39, 0.29) is 11.7 Å². The number of halogens is 1. The molecule has 5 heteroatoms. The van der Waals surface area contributed by atoms with E-state index in [1.54, 1.807) is 12.3 Å². The van der Waals surface area contributed by atoms with Gasteiger partial charge in [-0.2, -0.15) is 0 Å². The highest BCUT2D eigenvalue weighted by atomic mass is 19.1. The summed E-state index contributed by atoms with van der Waals surface area (Å²) in [7, 11) is 0. The largest absolute Gasteiger partial charge is 0.463 e. The summed E-state index contributed by atoms with van der Waals surface area (Å²) >= 11 is 0. The van der Waals surface area contributed by atoms with Crippen molar-refractivity contribution >= 4 is 17.0 Å². The molecule has 0 radical (unpaired) electrons. The van der Waals surface area contributed by atoms with E-state index in [1.165, 1.54) is 25.0 Å². The van der Waals surface area contributed by atoms with Crippen molar-refractivity contribution in [1.29, 1.82) is 0 Å². The van der Waals surface area contributed by atoms with Gasteiger partial charge < -0.3 is 13.9 Å². The van der Waals surface area contributed by atoms with Crippen LogP contribution in [0, 0.1) is 5.82 Å². The van der Waals surface area contributed by atoms with Gasteiger partial charge in [0.2, 0.25) is 0 Å². The van der Waals surface area contributed by atoms with E-state index in [0.717, 1.165) is 37.0 Å². The van der Waals surface area contributed by atoms with E-state index in [9.17, 15) is 9.18 Å². The van der Waals surface area contributed by atoms with Crippen LogP contribution in [-0.2, 0) is 6.54 Å². The molecule has 2 aromatic heterocycles. The van der Waals surface area contributed by atoms with Crippen LogP contribution in [0.15, 0.2) is 47.1 Å². The molecular weight excluding hydrogens is 319 g/mol. The number of hydrogen-bond acceptors (Lipinski definition) is 2. The van der Waals surface area contributed by atoms with E-state index >= 15 is 0 Å². The predicted molar refractivity (Wildman–Crippen MR) is 94.1 cm³/mol. The highest BCUT2D eigenvalue weighted by molar-refractivity contribution is 5.97. The average Bonchev–Trinajstić information content (AvgIpc) is 3.07. The zero-order valence-corrected chi connectivity index (χ0v) is 14.1. The van der Waals surface area contributed by atoms with Crippen molar-refractivity contribution in [2.75, 3.05) is 13.1 Å². The smallest absolute Gasteiger partial charge is 0.270 e. The van der Waals surface area contributed by atoms with Crippen molar-refractivity contribution in [3.8, 4) is 0 Å². The van der Waals surface area contributed by atoms with Crippen LogP contribution in [0.1, 0.15) is 41.7 Å². The zero-order chi connectivity index (χ0) is 17.2. The van der Waals surface area contributed by atoms with Gasteiger partial charge in [-0.25, -0.2) is 4.39 Å². The molecule has 1 amide bonds. The number of furan rings is 1. The summed E-state index contributed by atoms with van der Waals surface area (Å²) in [4.78, 5) is 15.0. The molecule has 25 heavy (non-hydrogen) atoms. The lowest BCUT2D eigenvalue weighted by molar-refractivity contribution is 0.0751. The summed E-state index contributed by atoms with van der Waals surface area (Å²) in [5.41, 5.74) is 2.99. The summed E-state index contributed by atoms with van der Waals surface area (Å²) in [5, 5.41) is 0. The molecule has 0 bridgehead atoms. The lowest BCUT2D eigenvalue weighted by Crippen LogP contribution is -2.33. The van der Waals surface area contributed by atoms with E-state index in [0.29, 0.717) is 17.8 Å². The van der Waals surface area contributed by atoms with Gasteiger partial charge in [-0.05, 0) is 30.5 Å². The van der Waals surface area contributed by atoms with Crippen molar-refractivity contribution < 1.29 is 13.6 Å². The SMILES string of the molecule is O=C(c1cc2occc2n1Cc1cccc(F)c1)N1CCCCCC1. The normalized spacial score (nSPS) is 15.5. The fraction of sp³-hybridized carbons (Fsp3) is 0.350. The number of nitrogens with zero attached hydrogens (tertiary/aromatic N) is 2. The highest BCUT2D eigenvalue weighted by Gasteiger charge is 2.23. The van der Waals surface area contributed by atoms with Crippen LogP contribution in [0.4, 0.5) is 4.39 Å². The van der Waals surface area contributed by atoms with Gasteiger partial charge in [-0.1, -0.05) is 25.0 Å². The molecule has 0 unspecified atom stereocenters. The van der Waals surface area contributed by atoms with Crippen molar-refractivity contribution in [3.05, 3.63) is 59.7 Å². The Morgan fingerprint density at radius 1 is 1.08 bits per heavy atom. The molecule has 0 atom stereocenters. The quantitative estimate of drug-likeness (QED) is 0.707. The number of rotatable bonds is 3. The molecule has 1 aliphatic heterocycles. The van der Waals surface area contributed by atoms with Gasteiger partial charge in [0.25, 0.3) is 5.91 Å². The lowest BCUT2D eigenvalue weighted by Gasteiger charge is -2.21. The molecule has 0 saturated carbocycles. The predicted octanol–water partition coefficient (Wildman–Crippen LogP) is 4.44. The fourth-order valence-corrected chi connectivity index (χ4v) is 3.58. The van der Waals surface area contributed by atoms with Crippen LogP contribution in [0.3, 0.4) is 0 Å². The van der Waals surface area contributed by atoms with Crippen molar-refractivity contribution in [2.45, 2.75) is 32.2 Å². The Bertz CT molecular complexity index is 888. The number of fused-ring (bicyclic) bond motifs is 1. The molecule has 4 nitrogen and oxygen atoms in total. The Hall–Kier alpha value is -2.56. The lowest BCUT2D eigenvalue weighted by atomic mass is 10.2. The standard InChI is InChI=1S/C20H21FN2O2/c21-16-7-5-6-15(12-16)14-23-17-8-11-25-19(17)13-18(23)20(24)22-9-3-1-2-4-10-22/h5-8,11-13H,1-4,9-10,14H2. The number of aromatic nitrogens is 1. The van der Waals surface area contributed by atoms with Gasteiger partial charge in [0, 0.05) is 31.8 Å². The minimum absolute atomic E-state index is 0.0321. The summed E-state index contributed by atoms with van der Waals surface area (Å²) in [6, 6.07) is 10.2. The Morgan fingerprint density at radius 3 is 2.64 bits per heavy atom. The number of hydrogen-bond donors (Lipinski definition) is 0. The molecule has 130 valence electrons. The van der Waals surface area contributed by atoms with E-state index in [2.05, 4.69) is 0 Å². The molecule has 1 aromatic carbocycles. The first-order valence-electron chi connectivity index (χ1n) is 8.83. The number of amides is 1. The molecular formula is C20H21FN2O2. The van der Waals surface area contributed by atoms with Gasteiger partial charge in [0.1, 0.15) is 11.5 Å². The Kier molecular flexibility index (Phi) is 4.30. The monoisotopic (exact) mass is 340 g/mol. The number of carbonyl (C=O) groups is 1. The maximum Gasteiger partial charge on any atom is 0.270 e. The van der Waals surface area contributed by atoms with E-state index < -0.39 is 0 Å². The highest BCUT2D eigenvalue weighted by Crippen LogP contribution is 2.24. The van der Waals surface area contributed by atoms with Gasteiger partial charge >= 0.3 is 0 Å². The molecule has 0 N–H and O–H groups in total. The molecule has 3 aromatic rings. The number of carbonyl (C=O) groups excluding carboxylic acids is 1. The number of benzene rings is 1. The number of likely N-dealkylation sites (tertiary alicyclic amines) is 1. The summed E-state index contributed by atoms with van der Waals surface area (Å²) < 4.78 is 21.0. The van der Waals surface area contributed by atoms with E-state index in [1.807, 2.05) is 27.7 Å². The minimum atomic E-state index is -0.270. The Morgan fingerprint density at radius 2 is 1.88 bits per heavy atom. The van der Waals surface area contributed by atoms with Crippen molar-refractivity contribution in [2.24, 2.45) is 0 Å². The molecule has 0 spiro atoms. The maximum atomic E-state index is 13.5. The first-order valence-corrected chi connectivity index (χ1v) is 8.83. The minimum Gasteiger partial charge on any atom is -0.463 e. The summed E-state index contributed by atoms with van der Waals surface area (Å²) in [6.45, 7) is 2.03. The summed E-state index contributed by atoms with van der Waals surface area (Å²) in [6.07, 6.45) is 6.07. The van der Waals surface area contributed by atoms with Crippen molar-refractivity contribution in [1.82, 2.24) is 9.47 Å². The second kappa shape index (κ2) is 6.75. The third-order valence-electron chi connectivity index (χ3n) is 4.86. The third-order valence-corrected chi connectivity index (χ3v) is 4.86. The van der Waals surface area contributed by atoms with Gasteiger partial charge in [-0.3, -0.25) is 4.79 Å². The first-order chi connectivity index (χ1) is 12.2. The van der Waals surface area contributed by atoms with Gasteiger partial charge in [0.15, 0.2) is 5.58 Å². The molecule has 1 fully saturated rings. The van der Waals surface area contributed by atoms with Crippen LogP contribution in [0.5, 0.6) is 0 Å². The molecule has 3 heterocycles. The first kappa shape index (κ1) is 15.9. The third kappa shape index (κ3) is 3.18.